The molecule has 1 aliphatic heterocycles. The van der Waals surface area contributed by atoms with Crippen LogP contribution in [0, 0.1) is 23.2 Å². The molecule has 0 N–H and O–H groups in total. The molecule has 1 aliphatic rings. The second kappa shape index (κ2) is 5.89. The number of hydrogen-bond acceptors (Lipinski definition) is 2. The van der Waals surface area contributed by atoms with Gasteiger partial charge >= 0.3 is 0 Å². The Bertz CT molecular complexity index is 284. The van der Waals surface area contributed by atoms with Crippen LogP contribution in [0.2, 0.25) is 0 Å². The lowest BCUT2D eigenvalue weighted by atomic mass is 9.94. The summed E-state index contributed by atoms with van der Waals surface area (Å²) in [4.78, 5) is 0. The van der Waals surface area contributed by atoms with Crippen molar-refractivity contribution in [3.63, 3.8) is 0 Å². The predicted octanol–water partition coefficient (Wildman–Crippen LogP) is 3.61. The molecule has 0 aliphatic carbocycles. The summed E-state index contributed by atoms with van der Waals surface area (Å²) >= 11 is 0. The molecule has 0 spiro atoms. The van der Waals surface area contributed by atoms with Crippen molar-refractivity contribution in [1.82, 2.24) is 0 Å². The van der Waals surface area contributed by atoms with Gasteiger partial charge in [-0.2, -0.15) is 0 Å². The van der Waals surface area contributed by atoms with E-state index in [1.165, 1.54) is 0 Å². The number of hydrogen-bond donors (Lipinski definition) is 0. The standard InChI is InChI=1S/C15H26O2/c1-13(2)9-7-6-8-10-15(5)16-11-14(3,4)12-17-15/h13H,6,8,10-12H2,1-5H3. The second-order valence-corrected chi connectivity index (χ2v) is 6.20. The third kappa shape index (κ3) is 5.57. The summed E-state index contributed by atoms with van der Waals surface area (Å²) in [7, 11) is 0. The van der Waals surface area contributed by atoms with Gasteiger partial charge in [0.05, 0.1) is 13.2 Å². The number of rotatable bonds is 3. The summed E-state index contributed by atoms with van der Waals surface area (Å²) in [5, 5.41) is 0. The number of unbranched alkanes of at least 4 members (excludes halogenated alkanes) is 1. The smallest absolute Gasteiger partial charge is 0.165 e. The van der Waals surface area contributed by atoms with Crippen LogP contribution in [-0.2, 0) is 9.47 Å². The molecule has 0 aromatic carbocycles. The highest BCUT2D eigenvalue weighted by Crippen LogP contribution is 2.31. The summed E-state index contributed by atoms with van der Waals surface area (Å²) in [6.07, 6.45) is 2.90. The zero-order chi connectivity index (χ0) is 12.9. The predicted molar refractivity (Wildman–Crippen MR) is 70.6 cm³/mol. The molecule has 1 fully saturated rings. The summed E-state index contributed by atoms with van der Waals surface area (Å²) in [5.41, 5.74) is 0.150. The minimum absolute atomic E-state index is 0.150. The molecule has 0 aromatic rings. The van der Waals surface area contributed by atoms with Crippen LogP contribution in [0.5, 0.6) is 0 Å². The summed E-state index contributed by atoms with van der Waals surface area (Å²) in [5.74, 6) is 6.45. The van der Waals surface area contributed by atoms with Crippen LogP contribution < -0.4 is 0 Å². The average Bonchev–Trinajstić information content (AvgIpc) is 2.23. The van der Waals surface area contributed by atoms with Crippen molar-refractivity contribution in [1.29, 1.82) is 0 Å². The molecule has 98 valence electrons. The van der Waals surface area contributed by atoms with Crippen LogP contribution in [0.1, 0.15) is 53.9 Å². The lowest BCUT2D eigenvalue weighted by Crippen LogP contribution is -2.45. The molecule has 0 bridgehead atoms. The molecule has 0 saturated carbocycles. The first kappa shape index (κ1) is 14.5. The van der Waals surface area contributed by atoms with Gasteiger partial charge in [0, 0.05) is 24.2 Å². The Morgan fingerprint density at radius 3 is 2.24 bits per heavy atom. The van der Waals surface area contributed by atoms with E-state index >= 15 is 0 Å². The van der Waals surface area contributed by atoms with Gasteiger partial charge < -0.3 is 9.47 Å². The fourth-order valence-corrected chi connectivity index (χ4v) is 1.70. The molecule has 1 heterocycles. The van der Waals surface area contributed by atoms with Gasteiger partial charge in [0.1, 0.15) is 0 Å². The molecular formula is C15H26O2. The lowest BCUT2D eigenvalue weighted by Gasteiger charge is -2.41. The SMILES string of the molecule is CC(C)C#CCCCC1(C)OCC(C)(C)CO1. The molecule has 0 radical (unpaired) electrons. The van der Waals surface area contributed by atoms with Crippen LogP contribution in [0.4, 0.5) is 0 Å². The maximum atomic E-state index is 5.84. The van der Waals surface area contributed by atoms with Gasteiger partial charge in [-0.25, -0.2) is 0 Å². The summed E-state index contributed by atoms with van der Waals surface area (Å²) in [6.45, 7) is 12.2. The molecule has 1 saturated heterocycles. The van der Waals surface area contributed by atoms with Gasteiger partial charge in [0.25, 0.3) is 0 Å². The van der Waals surface area contributed by atoms with Crippen LogP contribution in [0.15, 0.2) is 0 Å². The van der Waals surface area contributed by atoms with E-state index in [4.69, 9.17) is 9.47 Å². The number of ether oxygens (including phenoxy) is 2. The van der Waals surface area contributed by atoms with Crippen molar-refractivity contribution in [2.45, 2.75) is 59.7 Å². The topological polar surface area (TPSA) is 18.5 Å². The van der Waals surface area contributed by atoms with Crippen LogP contribution >= 0.6 is 0 Å². The van der Waals surface area contributed by atoms with Crippen molar-refractivity contribution in [2.24, 2.45) is 11.3 Å². The van der Waals surface area contributed by atoms with Crippen molar-refractivity contribution < 1.29 is 9.47 Å². The molecule has 17 heavy (non-hydrogen) atoms. The minimum atomic E-state index is -0.394. The Kier molecular flexibility index (Phi) is 5.04. The van der Waals surface area contributed by atoms with Crippen molar-refractivity contribution in [2.75, 3.05) is 13.2 Å². The molecule has 0 amide bonds. The van der Waals surface area contributed by atoms with E-state index in [0.29, 0.717) is 5.92 Å². The summed E-state index contributed by atoms with van der Waals surface area (Å²) < 4.78 is 11.7. The maximum Gasteiger partial charge on any atom is 0.165 e. The van der Waals surface area contributed by atoms with Crippen molar-refractivity contribution in [3.8, 4) is 11.8 Å². The maximum absolute atomic E-state index is 5.84. The zero-order valence-electron chi connectivity index (χ0n) is 11.9. The van der Waals surface area contributed by atoms with Gasteiger partial charge in [-0.1, -0.05) is 27.7 Å². The van der Waals surface area contributed by atoms with Crippen LogP contribution in [-0.4, -0.2) is 19.0 Å². The van der Waals surface area contributed by atoms with E-state index in [9.17, 15) is 0 Å². The third-order valence-corrected chi connectivity index (χ3v) is 2.86. The van der Waals surface area contributed by atoms with E-state index in [1.807, 2.05) is 6.92 Å². The molecule has 2 heteroatoms. The Morgan fingerprint density at radius 2 is 1.71 bits per heavy atom. The lowest BCUT2D eigenvalue weighted by molar-refractivity contribution is -0.292. The Labute approximate surface area is 106 Å². The first-order chi connectivity index (χ1) is 7.83. The second-order valence-electron chi connectivity index (χ2n) is 6.20. The summed E-state index contributed by atoms with van der Waals surface area (Å²) in [6, 6.07) is 0. The first-order valence-electron chi connectivity index (χ1n) is 6.59. The van der Waals surface area contributed by atoms with Gasteiger partial charge in [0.15, 0.2) is 5.79 Å². The van der Waals surface area contributed by atoms with Gasteiger partial charge in [-0.3, -0.25) is 0 Å². The molecule has 0 aromatic heterocycles. The van der Waals surface area contributed by atoms with Gasteiger partial charge in [-0.05, 0) is 13.3 Å². The molecule has 0 atom stereocenters. The van der Waals surface area contributed by atoms with Crippen LogP contribution in [0.25, 0.3) is 0 Å². The first-order valence-corrected chi connectivity index (χ1v) is 6.59. The molecule has 1 rings (SSSR count). The van der Waals surface area contributed by atoms with E-state index in [0.717, 1.165) is 32.5 Å². The molecular weight excluding hydrogens is 212 g/mol. The van der Waals surface area contributed by atoms with E-state index < -0.39 is 5.79 Å². The molecule has 0 unspecified atom stereocenters. The third-order valence-electron chi connectivity index (χ3n) is 2.86. The average molecular weight is 238 g/mol. The molecule has 2 nitrogen and oxygen atoms in total. The Hall–Kier alpha value is -0.520. The van der Waals surface area contributed by atoms with E-state index in [-0.39, 0.29) is 5.41 Å². The Morgan fingerprint density at radius 1 is 1.12 bits per heavy atom. The largest absolute Gasteiger partial charge is 0.350 e. The van der Waals surface area contributed by atoms with E-state index in [2.05, 4.69) is 39.5 Å². The van der Waals surface area contributed by atoms with Gasteiger partial charge in [-0.15, -0.1) is 11.8 Å². The fraction of sp³-hybridized carbons (Fsp3) is 0.867. The Balaban J connectivity index is 2.26. The van der Waals surface area contributed by atoms with Gasteiger partial charge in [0.2, 0.25) is 0 Å². The monoisotopic (exact) mass is 238 g/mol. The fourth-order valence-electron chi connectivity index (χ4n) is 1.70. The minimum Gasteiger partial charge on any atom is -0.350 e. The highest BCUT2D eigenvalue weighted by atomic mass is 16.7. The van der Waals surface area contributed by atoms with Crippen LogP contribution in [0.3, 0.4) is 0 Å². The quantitative estimate of drug-likeness (QED) is 0.552. The van der Waals surface area contributed by atoms with Crippen molar-refractivity contribution >= 4 is 0 Å². The highest BCUT2D eigenvalue weighted by molar-refractivity contribution is 5.01. The highest BCUT2D eigenvalue weighted by Gasteiger charge is 2.36. The van der Waals surface area contributed by atoms with E-state index in [1.54, 1.807) is 0 Å². The zero-order valence-corrected chi connectivity index (χ0v) is 11.9. The normalized spacial score (nSPS) is 22.0. The van der Waals surface area contributed by atoms with Crippen molar-refractivity contribution in [3.05, 3.63) is 0 Å².